The van der Waals surface area contributed by atoms with Gasteiger partial charge in [0.1, 0.15) is 0 Å². The van der Waals surface area contributed by atoms with Gasteiger partial charge in [-0.25, -0.2) is 0 Å². The van der Waals surface area contributed by atoms with E-state index in [1.54, 1.807) is 30.1 Å². The van der Waals surface area contributed by atoms with E-state index < -0.39 is 0 Å². The van der Waals surface area contributed by atoms with E-state index in [0.29, 0.717) is 17.1 Å². The van der Waals surface area contributed by atoms with E-state index in [-0.39, 0.29) is 5.91 Å². The summed E-state index contributed by atoms with van der Waals surface area (Å²) in [5, 5.41) is 7.36. The second-order valence-electron chi connectivity index (χ2n) is 3.75. The number of nitrogens with zero attached hydrogens (tertiary/aromatic N) is 2. The van der Waals surface area contributed by atoms with Gasteiger partial charge in [0.2, 0.25) is 0 Å². The van der Waals surface area contributed by atoms with Crippen LogP contribution < -0.4 is 5.32 Å². The van der Waals surface area contributed by atoms with Crippen LogP contribution in [-0.4, -0.2) is 15.7 Å². The zero-order chi connectivity index (χ0) is 13.1. The monoisotopic (exact) mass is 327 g/mol. The zero-order valence-corrected chi connectivity index (χ0v) is 12.0. The molecule has 0 saturated heterocycles. The summed E-state index contributed by atoms with van der Waals surface area (Å²) in [5.74, 6) is -0.139. The molecule has 1 aromatic carbocycles. The fourth-order valence-corrected chi connectivity index (χ4v) is 2.00. The number of amides is 1. The van der Waals surface area contributed by atoms with E-state index in [1.807, 2.05) is 12.1 Å². The number of aryl methyl sites for hydroxylation is 1. The molecular formula is C12H11BrClN3O. The maximum Gasteiger partial charge on any atom is 0.251 e. The van der Waals surface area contributed by atoms with Crippen molar-refractivity contribution in [3.05, 3.63) is 51.2 Å². The van der Waals surface area contributed by atoms with Gasteiger partial charge in [-0.3, -0.25) is 9.48 Å². The van der Waals surface area contributed by atoms with Crippen LogP contribution in [0.1, 0.15) is 16.1 Å². The molecule has 0 bridgehead atoms. The number of carbonyl (C=O) groups excluding carboxylic acids is 1. The van der Waals surface area contributed by atoms with Gasteiger partial charge in [0.05, 0.1) is 23.5 Å². The number of rotatable bonds is 3. The van der Waals surface area contributed by atoms with Crippen LogP contribution in [-0.2, 0) is 13.6 Å². The molecule has 18 heavy (non-hydrogen) atoms. The third kappa shape index (κ3) is 2.91. The average Bonchev–Trinajstić information content (AvgIpc) is 2.67. The molecule has 2 rings (SSSR count). The molecule has 0 aliphatic carbocycles. The van der Waals surface area contributed by atoms with Crippen molar-refractivity contribution in [1.82, 2.24) is 15.1 Å². The van der Waals surface area contributed by atoms with Gasteiger partial charge in [0.25, 0.3) is 5.91 Å². The predicted molar refractivity (Wildman–Crippen MR) is 73.5 cm³/mol. The van der Waals surface area contributed by atoms with Gasteiger partial charge < -0.3 is 5.32 Å². The first-order valence-electron chi connectivity index (χ1n) is 5.28. The molecule has 94 valence electrons. The number of carbonyl (C=O) groups is 1. The van der Waals surface area contributed by atoms with Crippen LogP contribution >= 0.6 is 27.5 Å². The highest BCUT2D eigenvalue weighted by Gasteiger charge is 2.09. The third-order valence-electron chi connectivity index (χ3n) is 2.53. The normalized spacial score (nSPS) is 10.4. The van der Waals surface area contributed by atoms with E-state index >= 15 is 0 Å². The van der Waals surface area contributed by atoms with Gasteiger partial charge >= 0.3 is 0 Å². The third-order valence-corrected chi connectivity index (χ3v) is 3.38. The van der Waals surface area contributed by atoms with Crippen molar-refractivity contribution in [2.75, 3.05) is 0 Å². The lowest BCUT2D eigenvalue weighted by Crippen LogP contribution is -2.24. The molecule has 4 nitrogen and oxygen atoms in total. The van der Waals surface area contributed by atoms with Crippen LogP contribution in [0.4, 0.5) is 0 Å². The Morgan fingerprint density at radius 1 is 1.44 bits per heavy atom. The molecule has 1 N–H and O–H groups in total. The molecule has 0 aliphatic rings. The Balaban J connectivity index is 2.03. The lowest BCUT2D eigenvalue weighted by atomic mass is 10.2. The summed E-state index contributed by atoms with van der Waals surface area (Å²) in [7, 11) is 1.78. The van der Waals surface area contributed by atoms with Crippen LogP contribution in [0.25, 0.3) is 0 Å². The fourth-order valence-electron chi connectivity index (χ4n) is 1.50. The van der Waals surface area contributed by atoms with E-state index in [4.69, 9.17) is 11.6 Å². The van der Waals surface area contributed by atoms with Gasteiger partial charge in [-0.15, -0.1) is 0 Å². The molecule has 0 saturated carbocycles. The van der Waals surface area contributed by atoms with E-state index in [9.17, 15) is 4.79 Å². The smallest absolute Gasteiger partial charge is 0.251 e. The lowest BCUT2D eigenvalue weighted by molar-refractivity contribution is 0.0950. The van der Waals surface area contributed by atoms with Crippen LogP contribution in [0.3, 0.4) is 0 Å². The average molecular weight is 329 g/mol. The SMILES string of the molecule is Cn1ncc(Cl)c1CNC(=O)c1ccc(Br)cc1. The van der Waals surface area contributed by atoms with Crippen molar-refractivity contribution in [3.63, 3.8) is 0 Å². The molecule has 1 heterocycles. The molecule has 0 fully saturated rings. The zero-order valence-electron chi connectivity index (χ0n) is 9.65. The molecule has 1 aromatic heterocycles. The molecule has 0 spiro atoms. The van der Waals surface area contributed by atoms with Gasteiger partial charge in [0, 0.05) is 17.1 Å². The summed E-state index contributed by atoms with van der Waals surface area (Å²) in [6.45, 7) is 0.351. The first-order valence-corrected chi connectivity index (χ1v) is 6.45. The summed E-state index contributed by atoms with van der Waals surface area (Å²) in [4.78, 5) is 11.9. The maximum absolute atomic E-state index is 11.9. The van der Waals surface area contributed by atoms with Crippen molar-refractivity contribution in [2.45, 2.75) is 6.54 Å². The summed E-state index contributed by atoms with van der Waals surface area (Å²) in [5.41, 5.74) is 1.39. The molecule has 0 aliphatic heterocycles. The first kappa shape index (κ1) is 13.1. The van der Waals surface area contributed by atoms with Crippen molar-refractivity contribution in [2.24, 2.45) is 7.05 Å². The highest BCUT2D eigenvalue weighted by molar-refractivity contribution is 9.10. The van der Waals surface area contributed by atoms with Crippen molar-refractivity contribution >= 4 is 33.4 Å². The molecule has 0 radical (unpaired) electrons. The minimum Gasteiger partial charge on any atom is -0.346 e. The minimum absolute atomic E-state index is 0.139. The minimum atomic E-state index is -0.139. The number of hydrogen-bond acceptors (Lipinski definition) is 2. The summed E-state index contributed by atoms with van der Waals surface area (Å²) >= 11 is 9.28. The lowest BCUT2D eigenvalue weighted by Gasteiger charge is -2.06. The number of aromatic nitrogens is 2. The van der Waals surface area contributed by atoms with E-state index in [2.05, 4.69) is 26.3 Å². The summed E-state index contributed by atoms with van der Waals surface area (Å²) in [6.07, 6.45) is 1.56. The maximum atomic E-state index is 11.9. The Hall–Kier alpha value is -1.33. The Bertz CT molecular complexity index is 546. The molecule has 6 heteroatoms. The second-order valence-corrected chi connectivity index (χ2v) is 5.08. The molecule has 1 amide bonds. The van der Waals surface area contributed by atoms with Crippen molar-refractivity contribution < 1.29 is 4.79 Å². The van der Waals surface area contributed by atoms with Gasteiger partial charge in [0.15, 0.2) is 0 Å². The summed E-state index contributed by atoms with van der Waals surface area (Å²) < 4.78 is 2.58. The Kier molecular flexibility index (Phi) is 4.04. The van der Waals surface area contributed by atoms with Gasteiger partial charge in [-0.2, -0.15) is 5.10 Å². The fraction of sp³-hybridized carbons (Fsp3) is 0.167. The number of benzene rings is 1. The van der Waals surface area contributed by atoms with E-state index in [0.717, 1.165) is 10.2 Å². The van der Waals surface area contributed by atoms with Crippen LogP contribution in [0, 0.1) is 0 Å². The predicted octanol–water partition coefficient (Wildman–Crippen LogP) is 2.77. The molecule has 0 atom stereocenters. The van der Waals surface area contributed by atoms with Crippen LogP contribution in [0.15, 0.2) is 34.9 Å². The Morgan fingerprint density at radius 2 is 2.11 bits per heavy atom. The topological polar surface area (TPSA) is 46.9 Å². The number of halogens is 2. The summed E-state index contributed by atoms with van der Waals surface area (Å²) in [6, 6.07) is 7.16. The van der Waals surface area contributed by atoms with Gasteiger partial charge in [-0.05, 0) is 24.3 Å². The van der Waals surface area contributed by atoms with E-state index in [1.165, 1.54) is 0 Å². The number of nitrogens with one attached hydrogen (secondary N) is 1. The Labute approximate surface area is 118 Å². The highest BCUT2D eigenvalue weighted by atomic mass is 79.9. The van der Waals surface area contributed by atoms with Crippen LogP contribution in [0.2, 0.25) is 5.02 Å². The highest BCUT2D eigenvalue weighted by Crippen LogP contribution is 2.14. The molecular weight excluding hydrogens is 318 g/mol. The first-order chi connectivity index (χ1) is 8.58. The van der Waals surface area contributed by atoms with Crippen LogP contribution in [0.5, 0.6) is 0 Å². The standard InChI is InChI=1S/C12H11BrClN3O/c1-17-11(10(14)6-16-17)7-15-12(18)8-2-4-9(13)5-3-8/h2-6H,7H2,1H3,(H,15,18). The molecule has 0 unspecified atom stereocenters. The number of hydrogen-bond donors (Lipinski definition) is 1. The van der Waals surface area contributed by atoms with Crippen molar-refractivity contribution in [3.8, 4) is 0 Å². The van der Waals surface area contributed by atoms with Gasteiger partial charge in [-0.1, -0.05) is 27.5 Å². The quantitative estimate of drug-likeness (QED) is 0.942. The van der Waals surface area contributed by atoms with Crippen molar-refractivity contribution in [1.29, 1.82) is 0 Å². The second kappa shape index (κ2) is 5.54. The Morgan fingerprint density at radius 3 is 2.67 bits per heavy atom. The largest absolute Gasteiger partial charge is 0.346 e. The molecule has 2 aromatic rings.